The Morgan fingerprint density at radius 1 is 0.638 bits per heavy atom. The van der Waals surface area contributed by atoms with Crippen molar-refractivity contribution in [2.75, 3.05) is 40.4 Å². The molecule has 14 nitrogen and oxygen atoms in total. The highest BCUT2D eigenvalue weighted by Crippen LogP contribution is 2.26. The van der Waals surface area contributed by atoms with E-state index in [1.165, 1.54) is 12.3 Å². The van der Waals surface area contributed by atoms with Crippen molar-refractivity contribution in [3.05, 3.63) is 154 Å². The number of hydrogen-bond donors (Lipinski definition) is 0. The zero-order valence-corrected chi connectivity index (χ0v) is 32.2. The molecule has 0 N–H and O–H groups in total. The molecule has 0 saturated carbocycles. The minimum Gasteiger partial charge on any atom is -0.492 e. The molecule has 0 radical (unpaired) electrons. The number of likely N-dealkylation sites (N-methyl/N-ethyl adjacent to an activating group) is 2. The molecule has 4 aromatic carbocycles. The minimum absolute atomic E-state index is 0.0992. The van der Waals surface area contributed by atoms with Crippen LogP contribution >= 0.6 is 0 Å². The molecule has 4 heterocycles. The lowest BCUT2D eigenvalue weighted by Crippen LogP contribution is -2.30. The average Bonchev–Trinajstić information content (AvgIpc) is 3.89. The third-order valence-electron chi connectivity index (χ3n) is 9.67. The van der Waals surface area contributed by atoms with Gasteiger partial charge >= 0.3 is 0 Å². The first-order valence-corrected chi connectivity index (χ1v) is 19.0. The van der Waals surface area contributed by atoms with Gasteiger partial charge in [-0.05, 0) is 50.0 Å². The van der Waals surface area contributed by atoms with Crippen LogP contribution in [0.2, 0.25) is 0 Å². The summed E-state index contributed by atoms with van der Waals surface area (Å²) in [7, 11) is 4.11. The predicted octanol–water partition coefficient (Wildman–Crippen LogP) is 6.14. The van der Waals surface area contributed by atoms with Crippen molar-refractivity contribution >= 4 is 21.9 Å². The first kappa shape index (κ1) is 38.0. The van der Waals surface area contributed by atoms with Crippen LogP contribution in [0.15, 0.2) is 140 Å². The Balaban J connectivity index is 0.756. The fourth-order valence-corrected chi connectivity index (χ4v) is 6.59. The predicted molar refractivity (Wildman–Crippen MR) is 220 cm³/mol. The molecule has 0 aliphatic heterocycles. The number of hydrogen-bond acceptors (Lipinski definition) is 12. The molecule has 294 valence electrons. The monoisotopic (exact) mass is 778 g/mol. The highest BCUT2D eigenvalue weighted by molar-refractivity contribution is 5.83. The van der Waals surface area contributed by atoms with Crippen molar-refractivity contribution in [2.24, 2.45) is 0 Å². The number of benzene rings is 4. The second kappa shape index (κ2) is 17.5. The minimum atomic E-state index is -0.101. The van der Waals surface area contributed by atoms with Crippen molar-refractivity contribution in [1.82, 2.24) is 39.8 Å². The third-order valence-corrected chi connectivity index (χ3v) is 9.67. The summed E-state index contributed by atoms with van der Waals surface area (Å²) in [6.07, 6.45) is 5.36. The molecular weight excluding hydrogens is 737 g/mol. The van der Waals surface area contributed by atoms with Crippen LogP contribution in [0, 0.1) is 0 Å². The average molecular weight is 779 g/mol. The van der Waals surface area contributed by atoms with E-state index in [-0.39, 0.29) is 10.9 Å². The summed E-state index contributed by atoms with van der Waals surface area (Å²) in [5, 5.41) is 18.2. The van der Waals surface area contributed by atoms with Gasteiger partial charge in [0.05, 0.1) is 40.8 Å². The molecule has 0 saturated heterocycles. The second-order valence-corrected chi connectivity index (χ2v) is 14.1. The van der Waals surface area contributed by atoms with Gasteiger partial charge in [-0.3, -0.25) is 19.4 Å². The van der Waals surface area contributed by atoms with Crippen molar-refractivity contribution in [2.45, 2.75) is 26.2 Å². The number of aromatic nitrogens is 6. The van der Waals surface area contributed by atoms with Gasteiger partial charge in [0.15, 0.2) is 5.43 Å². The molecule has 0 bridgehead atoms. The normalized spacial score (nSPS) is 11.6. The number of rotatable bonds is 17. The van der Waals surface area contributed by atoms with Crippen molar-refractivity contribution in [3.8, 4) is 33.9 Å². The molecule has 0 atom stereocenters. The van der Waals surface area contributed by atoms with E-state index in [1.54, 1.807) is 45.8 Å². The maximum atomic E-state index is 13.2. The van der Waals surface area contributed by atoms with E-state index in [4.69, 9.17) is 18.3 Å². The van der Waals surface area contributed by atoms with Crippen LogP contribution in [0.3, 0.4) is 0 Å². The van der Waals surface area contributed by atoms with E-state index in [0.29, 0.717) is 84.2 Å². The summed E-state index contributed by atoms with van der Waals surface area (Å²) in [4.78, 5) is 30.3. The molecule has 8 rings (SSSR count). The Bertz CT molecular complexity index is 2750. The van der Waals surface area contributed by atoms with E-state index >= 15 is 0 Å². The summed E-state index contributed by atoms with van der Waals surface area (Å²) in [5.74, 6) is 1.70. The maximum Gasteiger partial charge on any atom is 0.200 e. The lowest BCUT2D eigenvalue weighted by Gasteiger charge is -2.20. The number of nitrogens with zero attached hydrogens (tertiary/aromatic N) is 8. The van der Waals surface area contributed by atoms with Crippen molar-refractivity contribution in [1.29, 1.82) is 0 Å². The van der Waals surface area contributed by atoms with Gasteiger partial charge in [0, 0.05) is 56.3 Å². The molecule has 4 aromatic heterocycles. The largest absolute Gasteiger partial charge is 0.492 e. The zero-order chi connectivity index (χ0) is 39.8. The van der Waals surface area contributed by atoms with Gasteiger partial charge < -0.3 is 18.3 Å². The van der Waals surface area contributed by atoms with Gasteiger partial charge in [-0.2, -0.15) is 0 Å². The standard InChI is InChI=1S/C44H42N8O6/c1-49(26-33-28-51(47-45-33)19-21-55-35-14-16-41-38(23-35)44(54)39(30-57-41)31-9-5-3-6-10-31)17-18-50(2)27-34-29-52(48-46-34)20-22-56-36-13-15-37-40(53)25-42(58-43(37)24-36)32-11-7-4-8-12-32/h3-16,23-25,28-30H,17-22,26-27H2,1-2H3. The fraction of sp³-hybridized carbons (Fsp3) is 0.227. The molecule has 0 unspecified atom stereocenters. The fourth-order valence-electron chi connectivity index (χ4n) is 6.59. The Morgan fingerprint density at radius 3 is 1.86 bits per heavy atom. The Hall–Kier alpha value is -6.90. The highest BCUT2D eigenvalue weighted by Gasteiger charge is 2.13. The van der Waals surface area contributed by atoms with Crippen LogP contribution in [0.4, 0.5) is 0 Å². The summed E-state index contributed by atoms with van der Waals surface area (Å²) in [6, 6.07) is 31.1. The van der Waals surface area contributed by atoms with Gasteiger partial charge in [-0.1, -0.05) is 71.1 Å². The highest BCUT2D eigenvalue weighted by atomic mass is 16.5. The van der Waals surface area contributed by atoms with Gasteiger partial charge in [-0.15, -0.1) is 10.2 Å². The summed E-state index contributed by atoms with van der Waals surface area (Å²) in [5.41, 5.74) is 4.66. The lowest BCUT2D eigenvalue weighted by molar-refractivity contribution is 0.244. The molecule has 0 aliphatic carbocycles. The Labute approximate surface area is 333 Å². The van der Waals surface area contributed by atoms with Crippen LogP contribution in [-0.2, 0) is 26.2 Å². The van der Waals surface area contributed by atoms with E-state index < -0.39 is 0 Å². The lowest BCUT2D eigenvalue weighted by atomic mass is 10.1. The van der Waals surface area contributed by atoms with Crippen LogP contribution < -0.4 is 20.3 Å². The smallest absolute Gasteiger partial charge is 0.200 e. The van der Waals surface area contributed by atoms with Gasteiger partial charge in [0.1, 0.15) is 47.9 Å². The van der Waals surface area contributed by atoms with E-state index in [9.17, 15) is 9.59 Å². The van der Waals surface area contributed by atoms with E-state index in [1.807, 2.05) is 73.1 Å². The number of fused-ring (bicyclic) bond motifs is 2. The number of ether oxygens (including phenoxy) is 2. The molecule has 8 aromatic rings. The van der Waals surface area contributed by atoms with Gasteiger partial charge in [-0.25, -0.2) is 9.36 Å². The van der Waals surface area contributed by atoms with Crippen LogP contribution in [-0.4, -0.2) is 80.2 Å². The van der Waals surface area contributed by atoms with E-state index in [0.717, 1.165) is 35.6 Å². The Morgan fingerprint density at radius 2 is 1.22 bits per heavy atom. The van der Waals surface area contributed by atoms with Crippen molar-refractivity contribution in [3.63, 3.8) is 0 Å². The quantitative estimate of drug-likeness (QED) is 0.105. The molecule has 0 fully saturated rings. The summed E-state index contributed by atoms with van der Waals surface area (Å²) < 4.78 is 27.3. The first-order chi connectivity index (χ1) is 28.3. The third kappa shape index (κ3) is 9.20. The second-order valence-electron chi connectivity index (χ2n) is 14.1. The summed E-state index contributed by atoms with van der Waals surface area (Å²) in [6.45, 7) is 4.66. The van der Waals surface area contributed by atoms with E-state index in [2.05, 4.69) is 44.5 Å². The van der Waals surface area contributed by atoms with Gasteiger partial charge in [0.25, 0.3) is 0 Å². The van der Waals surface area contributed by atoms with Gasteiger partial charge in [0.2, 0.25) is 5.43 Å². The molecule has 0 aliphatic rings. The first-order valence-electron chi connectivity index (χ1n) is 19.0. The molecular formula is C44H42N8O6. The SMILES string of the molecule is CN(CCN(C)Cc1cn(CCOc2ccc3occ(-c4ccccc4)c(=O)c3c2)nn1)Cc1cn(CCOc2ccc3c(=O)cc(-c4ccccc4)oc3c2)nn1. The zero-order valence-electron chi connectivity index (χ0n) is 32.2. The molecule has 14 heteroatoms. The summed E-state index contributed by atoms with van der Waals surface area (Å²) >= 11 is 0. The van der Waals surface area contributed by atoms with Crippen LogP contribution in [0.1, 0.15) is 11.4 Å². The van der Waals surface area contributed by atoms with Crippen molar-refractivity contribution < 1.29 is 18.3 Å². The topological polar surface area (TPSA) is 147 Å². The Kier molecular flexibility index (Phi) is 11.5. The molecule has 58 heavy (non-hydrogen) atoms. The molecule has 0 amide bonds. The van der Waals surface area contributed by atoms with Crippen LogP contribution in [0.5, 0.6) is 11.5 Å². The van der Waals surface area contributed by atoms with Crippen LogP contribution in [0.25, 0.3) is 44.4 Å². The molecule has 0 spiro atoms. The maximum absolute atomic E-state index is 13.2.